The third kappa shape index (κ3) is 7.86. The largest absolute Gasteiger partial charge is 0.453 e. The summed E-state index contributed by atoms with van der Waals surface area (Å²) in [6, 6.07) is 26.1. The van der Waals surface area contributed by atoms with E-state index in [1.165, 1.54) is 0 Å². The standard InChI is InChI=1S/C35H35N3O6/c39-29(31-21-25-14-7-8-16-30(25)44-31)20-27(18-23-10-3-1-4-11-23)34(42)38-28(19-26-15-9-17-36-33(26)41)32(40)35(43)37-22-24-12-5-2-6-13-24/h1-8,10-14,16,21,26-28H,9,15,17-20,22H2,(H,36,41)(H,37,43)(H,38,42)/t26-,27+,28-/m0/s1. The first kappa shape index (κ1) is 30.4. The van der Waals surface area contributed by atoms with Gasteiger partial charge < -0.3 is 20.4 Å². The van der Waals surface area contributed by atoms with Crippen molar-refractivity contribution >= 4 is 40.3 Å². The summed E-state index contributed by atoms with van der Waals surface area (Å²) in [5, 5.41) is 8.96. The van der Waals surface area contributed by atoms with Gasteiger partial charge in [-0.15, -0.1) is 0 Å². The van der Waals surface area contributed by atoms with Gasteiger partial charge in [-0.05, 0) is 48.9 Å². The summed E-state index contributed by atoms with van der Waals surface area (Å²) in [6.07, 6.45) is 1.29. The molecule has 0 aliphatic carbocycles. The van der Waals surface area contributed by atoms with Crippen LogP contribution in [-0.2, 0) is 32.1 Å². The summed E-state index contributed by atoms with van der Waals surface area (Å²) in [6.45, 7) is 0.680. The van der Waals surface area contributed by atoms with E-state index in [2.05, 4.69) is 16.0 Å². The lowest BCUT2D eigenvalue weighted by molar-refractivity contribution is -0.141. The molecule has 3 amide bonds. The second kappa shape index (κ2) is 14.4. The molecule has 4 aromatic rings. The number of ketones is 2. The molecule has 44 heavy (non-hydrogen) atoms. The van der Waals surface area contributed by atoms with E-state index in [4.69, 9.17) is 4.42 Å². The quantitative estimate of drug-likeness (QED) is 0.158. The van der Waals surface area contributed by atoms with E-state index in [9.17, 15) is 24.0 Å². The van der Waals surface area contributed by atoms with E-state index < -0.39 is 35.5 Å². The molecule has 226 valence electrons. The van der Waals surface area contributed by atoms with Crippen molar-refractivity contribution in [1.82, 2.24) is 16.0 Å². The Bertz CT molecular complexity index is 1600. The number of para-hydroxylation sites is 1. The highest BCUT2D eigenvalue weighted by molar-refractivity contribution is 6.38. The molecule has 1 saturated heterocycles. The number of carbonyl (C=O) groups is 5. The van der Waals surface area contributed by atoms with E-state index in [0.717, 1.165) is 22.9 Å². The minimum atomic E-state index is -1.24. The molecule has 0 unspecified atom stereocenters. The van der Waals surface area contributed by atoms with Gasteiger partial charge in [0.2, 0.25) is 17.6 Å². The van der Waals surface area contributed by atoms with Crippen molar-refractivity contribution in [2.24, 2.45) is 11.8 Å². The van der Waals surface area contributed by atoms with Gasteiger partial charge in [-0.1, -0.05) is 78.9 Å². The fraction of sp³-hybridized carbons (Fsp3) is 0.286. The highest BCUT2D eigenvalue weighted by atomic mass is 16.3. The molecule has 9 nitrogen and oxygen atoms in total. The van der Waals surface area contributed by atoms with E-state index in [-0.39, 0.29) is 43.3 Å². The van der Waals surface area contributed by atoms with Gasteiger partial charge in [0.15, 0.2) is 11.5 Å². The van der Waals surface area contributed by atoms with Gasteiger partial charge in [0.1, 0.15) is 5.58 Å². The number of rotatable bonds is 13. The SMILES string of the molecule is O=C(NCc1ccccc1)C(=O)[C@H](C[C@@H]1CCCNC1=O)NC(=O)[C@@H](CC(=O)c1cc2ccccc2o1)Cc1ccccc1. The summed E-state index contributed by atoms with van der Waals surface area (Å²) >= 11 is 0. The molecule has 3 aromatic carbocycles. The molecule has 1 aromatic heterocycles. The number of furan rings is 1. The van der Waals surface area contributed by atoms with Crippen LogP contribution in [0, 0.1) is 11.8 Å². The minimum Gasteiger partial charge on any atom is -0.453 e. The van der Waals surface area contributed by atoms with E-state index in [0.29, 0.717) is 18.5 Å². The highest BCUT2D eigenvalue weighted by Gasteiger charge is 2.35. The minimum absolute atomic E-state index is 0.0231. The van der Waals surface area contributed by atoms with Crippen LogP contribution >= 0.6 is 0 Å². The maximum atomic E-state index is 13.8. The Kier molecular flexibility index (Phi) is 9.96. The lowest BCUT2D eigenvalue weighted by atomic mass is 9.88. The van der Waals surface area contributed by atoms with Gasteiger partial charge >= 0.3 is 0 Å². The van der Waals surface area contributed by atoms with Gasteiger partial charge in [-0.25, -0.2) is 0 Å². The van der Waals surface area contributed by atoms with E-state index in [1.54, 1.807) is 12.1 Å². The fourth-order valence-electron chi connectivity index (χ4n) is 5.49. The molecular weight excluding hydrogens is 558 g/mol. The van der Waals surface area contributed by atoms with Crippen molar-refractivity contribution in [3.05, 3.63) is 108 Å². The predicted octanol–water partition coefficient (Wildman–Crippen LogP) is 4.15. The second-order valence-corrected chi connectivity index (χ2v) is 11.1. The number of nitrogens with one attached hydrogen (secondary N) is 3. The molecular formula is C35H35N3O6. The third-order valence-corrected chi connectivity index (χ3v) is 7.90. The number of Topliss-reactive ketones (excluding diaryl/α,β-unsaturated/α-hetero) is 2. The summed E-state index contributed by atoms with van der Waals surface area (Å²) in [4.78, 5) is 66.3. The van der Waals surface area contributed by atoms with Crippen LogP contribution in [0.1, 0.15) is 47.4 Å². The van der Waals surface area contributed by atoms with Crippen LogP contribution in [0.2, 0.25) is 0 Å². The van der Waals surface area contributed by atoms with Gasteiger partial charge in [-0.3, -0.25) is 24.0 Å². The van der Waals surface area contributed by atoms with Crippen molar-refractivity contribution in [2.45, 2.75) is 44.7 Å². The number of piperidine rings is 1. The van der Waals surface area contributed by atoms with Crippen molar-refractivity contribution in [3.8, 4) is 0 Å². The van der Waals surface area contributed by atoms with Gasteiger partial charge in [0.05, 0.1) is 6.04 Å². The zero-order chi connectivity index (χ0) is 30.9. The topological polar surface area (TPSA) is 135 Å². The van der Waals surface area contributed by atoms with Crippen molar-refractivity contribution < 1.29 is 28.4 Å². The molecule has 1 aliphatic rings. The normalized spacial score (nSPS) is 16.0. The Morgan fingerprint density at radius 2 is 1.57 bits per heavy atom. The molecule has 0 bridgehead atoms. The number of hydrogen-bond acceptors (Lipinski definition) is 6. The number of amides is 3. The number of fused-ring (bicyclic) bond motifs is 1. The maximum absolute atomic E-state index is 13.8. The Balaban J connectivity index is 1.35. The average molecular weight is 594 g/mol. The first-order valence-corrected chi connectivity index (χ1v) is 14.9. The third-order valence-electron chi connectivity index (χ3n) is 7.90. The van der Waals surface area contributed by atoms with E-state index >= 15 is 0 Å². The van der Waals surface area contributed by atoms with Crippen molar-refractivity contribution in [2.75, 3.05) is 6.54 Å². The van der Waals surface area contributed by atoms with Crippen LogP contribution in [-0.4, -0.2) is 41.9 Å². The molecule has 5 rings (SSSR count). The summed E-state index contributed by atoms with van der Waals surface area (Å²) in [5.41, 5.74) is 2.21. The predicted molar refractivity (Wildman–Crippen MR) is 164 cm³/mol. The van der Waals surface area contributed by atoms with Crippen LogP contribution in [0.5, 0.6) is 0 Å². The zero-order valence-corrected chi connectivity index (χ0v) is 24.3. The van der Waals surface area contributed by atoms with Crippen LogP contribution in [0.4, 0.5) is 0 Å². The molecule has 0 radical (unpaired) electrons. The van der Waals surface area contributed by atoms with Gasteiger partial charge in [-0.2, -0.15) is 0 Å². The highest BCUT2D eigenvalue weighted by Crippen LogP contribution is 2.24. The monoisotopic (exact) mass is 593 g/mol. The van der Waals surface area contributed by atoms with E-state index in [1.807, 2.05) is 78.9 Å². The number of hydrogen-bond donors (Lipinski definition) is 3. The Morgan fingerprint density at radius 1 is 0.886 bits per heavy atom. The van der Waals surface area contributed by atoms with Crippen LogP contribution in [0.3, 0.4) is 0 Å². The van der Waals surface area contributed by atoms with Crippen LogP contribution < -0.4 is 16.0 Å². The van der Waals surface area contributed by atoms with Crippen molar-refractivity contribution in [3.63, 3.8) is 0 Å². The zero-order valence-electron chi connectivity index (χ0n) is 24.3. The molecule has 9 heteroatoms. The Labute approximate surface area is 255 Å². The fourth-order valence-corrected chi connectivity index (χ4v) is 5.49. The summed E-state index contributed by atoms with van der Waals surface area (Å²) < 4.78 is 5.75. The molecule has 3 N–H and O–H groups in total. The Morgan fingerprint density at radius 3 is 2.27 bits per heavy atom. The van der Waals surface area contributed by atoms with Crippen LogP contribution in [0.25, 0.3) is 11.0 Å². The molecule has 1 aliphatic heterocycles. The first-order valence-electron chi connectivity index (χ1n) is 14.9. The molecule has 3 atom stereocenters. The number of carbonyl (C=O) groups excluding carboxylic acids is 5. The smallest absolute Gasteiger partial charge is 0.289 e. The maximum Gasteiger partial charge on any atom is 0.289 e. The first-order chi connectivity index (χ1) is 21.4. The lowest BCUT2D eigenvalue weighted by Gasteiger charge is -2.27. The number of benzene rings is 3. The second-order valence-electron chi connectivity index (χ2n) is 11.1. The average Bonchev–Trinajstić information content (AvgIpc) is 3.49. The molecule has 0 saturated carbocycles. The summed E-state index contributed by atoms with van der Waals surface area (Å²) in [7, 11) is 0. The molecule has 1 fully saturated rings. The Hall–Kier alpha value is -5.05. The molecule has 0 spiro atoms. The molecule has 2 heterocycles. The van der Waals surface area contributed by atoms with Gasteiger partial charge in [0, 0.05) is 36.7 Å². The lowest BCUT2D eigenvalue weighted by Crippen LogP contribution is -2.51. The van der Waals surface area contributed by atoms with Gasteiger partial charge in [0.25, 0.3) is 5.91 Å². The van der Waals surface area contributed by atoms with Crippen LogP contribution in [0.15, 0.2) is 95.4 Å². The summed E-state index contributed by atoms with van der Waals surface area (Å²) in [5.74, 6) is -4.07. The van der Waals surface area contributed by atoms with Crippen molar-refractivity contribution in [1.29, 1.82) is 0 Å².